The van der Waals surface area contributed by atoms with Crippen LogP contribution in [0.5, 0.6) is 0 Å². The van der Waals surface area contributed by atoms with Crippen molar-refractivity contribution in [3.05, 3.63) is 53.7 Å². The first-order valence-electron chi connectivity index (χ1n) is 6.66. The van der Waals surface area contributed by atoms with Crippen LogP contribution in [0, 0.1) is 5.82 Å². The quantitative estimate of drug-likeness (QED) is 0.628. The Morgan fingerprint density at radius 3 is 2.86 bits per heavy atom. The van der Waals surface area contributed by atoms with Crippen molar-refractivity contribution in [1.29, 1.82) is 0 Å². The van der Waals surface area contributed by atoms with Crippen molar-refractivity contribution >= 4 is 12.0 Å². The van der Waals surface area contributed by atoms with Crippen LogP contribution in [0.15, 0.2) is 36.7 Å². The number of aromatic nitrogens is 2. The summed E-state index contributed by atoms with van der Waals surface area (Å²) in [4.78, 5) is 19.3. The molecule has 0 amide bonds. The van der Waals surface area contributed by atoms with E-state index in [2.05, 4.69) is 9.97 Å². The van der Waals surface area contributed by atoms with Crippen molar-refractivity contribution in [2.45, 2.75) is 13.6 Å². The molecular formula is C16H14F2N2O2. The molecule has 0 aromatic carbocycles. The van der Waals surface area contributed by atoms with Crippen molar-refractivity contribution in [2.75, 3.05) is 6.61 Å². The Morgan fingerprint density at radius 1 is 1.36 bits per heavy atom. The standard InChI is InChI=1S/C16H14F2N2O2/c1-2-22-15(21)6-4-11-3-5-12(9-17)20-16(11)13-10-19-8-7-14(13)18/h3-8,10H,2,9H2,1H3/b6-4+. The van der Waals surface area contributed by atoms with Gasteiger partial charge in [0.1, 0.15) is 12.5 Å². The van der Waals surface area contributed by atoms with Crippen molar-refractivity contribution < 1.29 is 18.3 Å². The number of alkyl halides is 1. The van der Waals surface area contributed by atoms with Crippen LogP contribution in [0.1, 0.15) is 18.2 Å². The fourth-order valence-electron chi connectivity index (χ4n) is 1.83. The maximum atomic E-state index is 13.9. The zero-order chi connectivity index (χ0) is 15.9. The highest BCUT2D eigenvalue weighted by atomic mass is 19.1. The first-order chi connectivity index (χ1) is 10.7. The lowest BCUT2D eigenvalue weighted by Gasteiger charge is -2.08. The summed E-state index contributed by atoms with van der Waals surface area (Å²) in [5.41, 5.74) is 1.01. The van der Waals surface area contributed by atoms with E-state index >= 15 is 0 Å². The summed E-state index contributed by atoms with van der Waals surface area (Å²) in [6, 6.07) is 4.24. The second-order valence-corrected chi connectivity index (χ2v) is 4.31. The van der Waals surface area contributed by atoms with Crippen molar-refractivity contribution in [2.24, 2.45) is 0 Å². The van der Waals surface area contributed by atoms with E-state index in [-0.39, 0.29) is 23.6 Å². The molecule has 2 heterocycles. The third-order valence-corrected chi connectivity index (χ3v) is 2.83. The van der Waals surface area contributed by atoms with E-state index in [1.807, 2.05) is 0 Å². The summed E-state index contributed by atoms with van der Waals surface area (Å²) in [6.07, 6.45) is 5.29. The van der Waals surface area contributed by atoms with E-state index in [9.17, 15) is 13.6 Å². The normalized spacial score (nSPS) is 10.9. The molecule has 0 aliphatic rings. The summed E-state index contributed by atoms with van der Waals surface area (Å²) in [6.45, 7) is 1.18. The minimum atomic E-state index is -0.767. The number of carbonyl (C=O) groups excluding carboxylic acids is 1. The monoisotopic (exact) mass is 304 g/mol. The first-order valence-corrected chi connectivity index (χ1v) is 6.66. The summed E-state index contributed by atoms with van der Waals surface area (Å²) in [7, 11) is 0. The Hall–Kier alpha value is -2.63. The van der Waals surface area contributed by atoms with E-state index in [1.165, 1.54) is 36.7 Å². The SMILES string of the molecule is CCOC(=O)/C=C/c1ccc(CF)nc1-c1cnccc1F. The number of ether oxygens (including phenoxy) is 1. The third-order valence-electron chi connectivity index (χ3n) is 2.83. The van der Waals surface area contributed by atoms with Crippen LogP contribution in [0.4, 0.5) is 8.78 Å². The molecule has 0 unspecified atom stereocenters. The zero-order valence-corrected chi connectivity index (χ0v) is 11.9. The van der Waals surface area contributed by atoms with Gasteiger partial charge >= 0.3 is 5.97 Å². The molecule has 2 aromatic rings. The number of carbonyl (C=O) groups is 1. The van der Waals surface area contributed by atoms with Crippen LogP contribution >= 0.6 is 0 Å². The van der Waals surface area contributed by atoms with Gasteiger partial charge in [0.2, 0.25) is 0 Å². The maximum Gasteiger partial charge on any atom is 0.330 e. The molecule has 2 rings (SSSR count). The Kier molecular flexibility index (Phi) is 5.30. The molecule has 0 fully saturated rings. The molecule has 0 radical (unpaired) electrons. The van der Waals surface area contributed by atoms with Crippen molar-refractivity contribution in [3.8, 4) is 11.3 Å². The first kappa shape index (κ1) is 15.8. The minimum Gasteiger partial charge on any atom is -0.463 e. The summed E-state index contributed by atoms with van der Waals surface area (Å²) in [5.74, 6) is -1.04. The highest BCUT2D eigenvalue weighted by Gasteiger charge is 2.12. The van der Waals surface area contributed by atoms with Crippen LogP contribution in [-0.4, -0.2) is 22.5 Å². The fourth-order valence-corrected chi connectivity index (χ4v) is 1.83. The van der Waals surface area contributed by atoms with Gasteiger partial charge in [0.15, 0.2) is 0 Å². The average Bonchev–Trinajstić information content (AvgIpc) is 2.53. The Balaban J connectivity index is 2.46. The highest BCUT2D eigenvalue weighted by molar-refractivity contribution is 5.88. The predicted octanol–water partition coefficient (Wildman–Crippen LogP) is 3.33. The van der Waals surface area contributed by atoms with Crippen LogP contribution < -0.4 is 0 Å². The van der Waals surface area contributed by atoms with Gasteiger partial charge in [-0.05, 0) is 25.1 Å². The molecule has 0 spiro atoms. The number of nitrogens with zero attached hydrogens (tertiary/aromatic N) is 2. The number of halogens is 2. The Labute approximate surface area is 126 Å². The van der Waals surface area contributed by atoms with Crippen LogP contribution in [-0.2, 0) is 16.2 Å². The van der Waals surface area contributed by atoms with Crippen molar-refractivity contribution in [1.82, 2.24) is 9.97 Å². The molecular weight excluding hydrogens is 290 g/mol. The lowest BCUT2D eigenvalue weighted by molar-refractivity contribution is -0.137. The molecule has 0 saturated carbocycles. The van der Waals surface area contributed by atoms with E-state index in [0.29, 0.717) is 5.56 Å². The summed E-state index contributed by atoms with van der Waals surface area (Å²) in [5, 5.41) is 0. The number of hydrogen-bond donors (Lipinski definition) is 0. The molecule has 0 atom stereocenters. The largest absolute Gasteiger partial charge is 0.463 e. The topological polar surface area (TPSA) is 52.1 Å². The van der Waals surface area contributed by atoms with E-state index in [0.717, 1.165) is 0 Å². The van der Waals surface area contributed by atoms with Crippen LogP contribution in [0.2, 0.25) is 0 Å². The Morgan fingerprint density at radius 2 is 2.18 bits per heavy atom. The van der Waals surface area contributed by atoms with Gasteiger partial charge in [-0.15, -0.1) is 0 Å². The smallest absolute Gasteiger partial charge is 0.330 e. The van der Waals surface area contributed by atoms with Crippen LogP contribution in [0.3, 0.4) is 0 Å². The highest BCUT2D eigenvalue weighted by Crippen LogP contribution is 2.25. The molecule has 0 aliphatic heterocycles. The zero-order valence-electron chi connectivity index (χ0n) is 11.9. The minimum absolute atomic E-state index is 0.140. The molecule has 0 N–H and O–H groups in total. The lowest BCUT2D eigenvalue weighted by atomic mass is 10.1. The summed E-state index contributed by atoms with van der Waals surface area (Å²) >= 11 is 0. The molecule has 2 aromatic heterocycles. The van der Waals surface area contributed by atoms with Gasteiger partial charge in [0.25, 0.3) is 0 Å². The fraction of sp³-hybridized carbons (Fsp3) is 0.188. The van der Waals surface area contributed by atoms with Crippen LogP contribution in [0.25, 0.3) is 17.3 Å². The maximum absolute atomic E-state index is 13.9. The second kappa shape index (κ2) is 7.40. The van der Waals surface area contributed by atoms with Gasteiger partial charge in [-0.1, -0.05) is 6.07 Å². The number of hydrogen-bond acceptors (Lipinski definition) is 4. The third kappa shape index (κ3) is 3.72. The molecule has 114 valence electrons. The average molecular weight is 304 g/mol. The van der Waals surface area contributed by atoms with Gasteiger partial charge in [-0.3, -0.25) is 4.98 Å². The van der Waals surface area contributed by atoms with Gasteiger partial charge in [0.05, 0.1) is 23.6 Å². The molecule has 0 aliphatic carbocycles. The van der Waals surface area contributed by atoms with E-state index < -0.39 is 18.5 Å². The Bertz CT molecular complexity index is 702. The van der Waals surface area contributed by atoms with Gasteiger partial charge in [0, 0.05) is 24.0 Å². The molecule has 0 bridgehead atoms. The number of esters is 1. The second-order valence-electron chi connectivity index (χ2n) is 4.31. The predicted molar refractivity (Wildman–Crippen MR) is 77.9 cm³/mol. The number of pyridine rings is 2. The lowest BCUT2D eigenvalue weighted by Crippen LogP contribution is -2.00. The van der Waals surface area contributed by atoms with Crippen molar-refractivity contribution in [3.63, 3.8) is 0 Å². The van der Waals surface area contributed by atoms with Gasteiger partial charge < -0.3 is 4.74 Å². The molecule has 4 nitrogen and oxygen atoms in total. The van der Waals surface area contributed by atoms with E-state index in [4.69, 9.17) is 4.74 Å². The van der Waals surface area contributed by atoms with Gasteiger partial charge in [-0.25, -0.2) is 18.6 Å². The van der Waals surface area contributed by atoms with E-state index in [1.54, 1.807) is 13.0 Å². The van der Waals surface area contributed by atoms with Gasteiger partial charge in [-0.2, -0.15) is 0 Å². The number of rotatable bonds is 5. The molecule has 0 saturated heterocycles. The summed E-state index contributed by atoms with van der Waals surface area (Å²) < 4.78 is 31.5. The molecule has 6 heteroatoms. The molecule has 22 heavy (non-hydrogen) atoms.